The van der Waals surface area contributed by atoms with Crippen LogP contribution < -0.4 is 0 Å². The molecule has 6 atom stereocenters. The van der Waals surface area contributed by atoms with Crippen LogP contribution in [0.25, 0.3) is 0 Å². The van der Waals surface area contributed by atoms with Crippen molar-refractivity contribution in [2.45, 2.75) is 86.0 Å². The highest BCUT2D eigenvalue weighted by molar-refractivity contribution is 5.86. The number of Topliss-reactive ketones (excluding diaryl/α,β-unsaturated/α-hetero) is 1. The van der Waals surface area contributed by atoms with Gasteiger partial charge in [-0.2, -0.15) is 0 Å². The summed E-state index contributed by atoms with van der Waals surface area (Å²) in [4.78, 5) is 23.6. The van der Waals surface area contributed by atoms with Gasteiger partial charge in [-0.3, -0.25) is 9.59 Å². The Morgan fingerprint density at radius 1 is 1.12 bits per heavy atom. The minimum absolute atomic E-state index is 0.129. The number of carboxylic acid groups (broad SMARTS) is 1. The number of carbonyl (C=O) groups is 2. The maximum atomic E-state index is 12.6. The third kappa shape index (κ3) is 3.04. The zero-order valence-corrected chi connectivity index (χ0v) is 16.2. The van der Waals surface area contributed by atoms with Crippen molar-refractivity contribution in [2.75, 3.05) is 0 Å². The maximum absolute atomic E-state index is 12.6. The molecule has 3 aliphatic rings. The lowest BCUT2D eigenvalue weighted by atomic mass is 9.48. The first-order valence-electron chi connectivity index (χ1n) is 10.0. The van der Waals surface area contributed by atoms with Gasteiger partial charge < -0.3 is 5.11 Å². The highest BCUT2D eigenvalue weighted by atomic mass is 16.4. The van der Waals surface area contributed by atoms with Gasteiger partial charge in [0.25, 0.3) is 0 Å². The average molecular weight is 337 g/mol. The van der Waals surface area contributed by atoms with E-state index in [1.165, 1.54) is 19.3 Å². The molecule has 3 saturated carbocycles. The number of ketones is 1. The van der Waals surface area contributed by atoms with Crippen molar-refractivity contribution in [3.63, 3.8) is 0 Å². The number of hydrogen-bond donors (Lipinski definition) is 1. The normalized spacial score (nSPS) is 44.1. The minimum Gasteiger partial charge on any atom is -0.481 e. The topological polar surface area (TPSA) is 54.4 Å². The molecule has 0 bridgehead atoms. The molecule has 3 fully saturated rings. The monoisotopic (exact) mass is 336 g/mol. The van der Waals surface area contributed by atoms with Gasteiger partial charge in [-0.05, 0) is 67.6 Å². The van der Waals surface area contributed by atoms with Crippen molar-refractivity contribution in [3.05, 3.63) is 0 Å². The molecule has 0 aromatic carbocycles. The molecule has 3 rings (SSSR count). The molecule has 0 aromatic rings. The van der Waals surface area contributed by atoms with Crippen molar-refractivity contribution in [1.29, 1.82) is 0 Å². The number of rotatable bonds is 3. The first kappa shape index (κ1) is 19.5. The molecule has 0 amide bonds. The number of hydrogen-bond acceptors (Lipinski definition) is 2. The third-order valence-corrected chi connectivity index (χ3v) is 7.93. The SMILES string of the molecule is CC.CC1CCC2C3CCC(=O)[C@](C)(CCC(=O)O)C3CCC12C. The molecular formula is C21H36O3. The standard InChI is InChI=1S/C19H30O3.C2H6/c1-12-4-6-14-13-5-7-16(20)19(3,11-9-17(21)22)15(13)8-10-18(12,14)2;1-2/h12-15H,4-11H2,1-3H3,(H,21,22);1-2H3/t12?,13?,14?,15?,18?,19-;/m1./s1. The fourth-order valence-corrected chi connectivity index (χ4v) is 6.23. The first-order valence-corrected chi connectivity index (χ1v) is 10.0. The van der Waals surface area contributed by atoms with Crippen molar-refractivity contribution < 1.29 is 14.7 Å². The Hall–Kier alpha value is -0.860. The van der Waals surface area contributed by atoms with E-state index in [1.54, 1.807) is 0 Å². The van der Waals surface area contributed by atoms with Crippen LogP contribution in [0, 0.1) is 34.5 Å². The van der Waals surface area contributed by atoms with Crippen LogP contribution in [0.15, 0.2) is 0 Å². The molecule has 0 radical (unpaired) electrons. The van der Waals surface area contributed by atoms with Crippen molar-refractivity contribution in [1.82, 2.24) is 0 Å². The summed E-state index contributed by atoms with van der Waals surface area (Å²) in [5, 5.41) is 9.06. The third-order valence-electron chi connectivity index (χ3n) is 7.93. The molecule has 3 heteroatoms. The zero-order valence-electron chi connectivity index (χ0n) is 16.2. The van der Waals surface area contributed by atoms with E-state index >= 15 is 0 Å². The van der Waals surface area contributed by atoms with Crippen molar-refractivity contribution in [2.24, 2.45) is 34.5 Å². The summed E-state index contributed by atoms with van der Waals surface area (Å²) in [6.07, 6.45) is 7.33. The van der Waals surface area contributed by atoms with Crippen molar-refractivity contribution >= 4 is 11.8 Å². The predicted octanol–water partition coefficient (Wildman–Crippen LogP) is 5.33. The second kappa shape index (κ2) is 7.17. The highest BCUT2D eigenvalue weighted by Crippen LogP contribution is 2.64. The number of carboxylic acids is 1. The number of carbonyl (C=O) groups excluding carboxylic acids is 1. The summed E-state index contributed by atoms with van der Waals surface area (Å²) in [6.45, 7) is 10.9. The molecule has 3 aliphatic carbocycles. The van der Waals surface area contributed by atoms with Gasteiger partial charge in [0.2, 0.25) is 0 Å². The van der Waals surface area contributed by atoms with Crippen molar-refractivity contribution in [3.8, 4) is 0 Å². The van der Waals surface area contributed by atoms with E-state index in [2.05, 4.69) is 20.8 Å². The van der Waals surface area contributed by atoms with Crippen LogP contribution in [0.2, 0.25) is 0 Å². The Bertz CT molecular complexity index is 485. The van der Waals surface area contributed by atoms with E-state index in [-0.39, 0.29) is 6.42 Å². The Balaban J connectivity index is 0.00000100. The van der Waals surface area contributed by atoms with Crippen LogP contribution in [0.3, 0.4) is 0 Å². The lowest BCUT2D eigenvalue weighted by molar-refractivity contribution is -0.148. The summed E-state index contributed by atoms with van der Waals surface area (Å²) >= 11 is 0. The number of aliphatic carboxylic acids is 1. The molecule has 0 heterocycles. The van der Waals surface area contributed by atoms with Crippen LogP contribution in [0.5, 0.6) is 0 Å². The van der Waals surface area contributed by atoms with E-state index in [0.29, 0.717) is 35.9 Å². The minimum atomic E-state index is -0.772. The highest BCUT2D eigenvalue weighted by Gasteiger charge is 2.58. The predicted molar refractivity (Wildman–Crippen MR) is 96.8 cm³/mol. The van der Waals surface area contributed by atoms with Crippen LogP contribution >= 0.6 is 0 Å². The van der Waals surface area contributed by atoms with E-state index in [1.807, 2.05) is 13.8 Å². The Morgan fingerprint density at radius 3 is 2.42 bits per heavy atom. The van der Waals surface area contributed by atoms with Crippen LogP contribution in [0.4, 0.5) is 0 Å². The van der Waals surface area contributed by atoms with E-state index in [4.69, 9.17) is 5.11 Å². The lowest BCUT2D eigenvalue weighted by Gasteiger charge is -2.55. The van der Waals surface area contributed by atoms with Crippen LogP contribution in [0.1, 0.15) is 86.0 Å². The fourth-order valence-electron chi connectivity index (χ4n) is 6.23. The summed E-state index contributed by atoms with van der Waals surface area (Å²) in [5.41, 5.74) is 0.0593. The van der Waals surface area contributed by atoms with E-state index in [9.17, 15) is 9.59 Å². The molecule has 1 N–H and O–H groups in total. The largest absolute Gasteiger partial charge is 0.481 e. The molecule has 24 heavy (non-hydrogen) atoms. The summed E-state index contributed by atoms with van der Waals surface area (Å²) in [7, 11) is 0. The van der Waals surface area contributed by atoms with Gasteiger partial charge in [-0.1, -0.05) is 34.6 Å². The quantitative estimate of drug-likeness (QED) is 0.758. The van der Waals surface area contributed by atoms with Crippen LogP contribution in [-0.4, -0.2) is 16.9 Å². The maximum Gasteiger partial charge on any atom is 0.303 e. The Labute approximate surface area is 147 Å². The van der Waals surface area contributed by atoms with Gasteiger partial charge in [0.1, 0.15) is 5.78 Å². The molecule has 3 nitrogen and oxygen atoms in total. The average Bonchev–Trinajstić information content (AvgIpc) is 2.87. The molecule has 0 saturated heterocycles. The second-order valence-electron chi connectivity index (χ2n) is 8.67. The smallest absolute Gasteiger partial charge is 0.303 e. The molecule has 0 spiro atoms. The first-order chi connectivity index (χ1) is 11.3. The van der Waals surface area contributed by atoms with E-state index < -0.39 is 11.4 Å². The Kier molecular flexibility index (Phi) is 5.82. The van der Waals surface area contributed by atoms with Gasteiger partial charge in [0.05, 0.1) is 0 Å². The van der Waals surface area contributed by atoms with Crippen LogP contribution in [-0.2, 0) is 9.59 Å². The summed E-state index contributed by atoms with van der Waals surface area (Å²) in [6, 6.07) is 0. The van der Waals surface area contributed by atoms with E-state index in [0.717, 1.165) is 24.7 Å². The van der Waals surface area contributed by atoms with Gasteiger partial charge in [-0.25, -0.2) is 0 Å². The van der Waals surface area contributed by atoms with Gasteiger partial charge in [-0.15, -0.1) is 0 Å². The molecule has 0 aromatic heterocycles. The van der Waals surface area contributed by atoms with Gasteiger partial charge in [0.15, 0.2) is 0 Å². The molecular weight excluding hydrogens is 300 g/mol. The molecule has 138 valence electrons. The molecule has 0 aliphatic heterocycles. The van der Waals surface area contributed by atoms with Gasteiger partial charge >= 0.3 is 5.97 Å². The Morgan fingerprint density at radius 2 is 1.79 bits per heavy atom. The second-order valence-corrected chi connectivity index (χ2v) is 8.67. The summed E-state index contributed by atoms with van der Waals surface area (Å²) in [5.74, 6) is 2.15. The lowest BCUT2D eigenvalue weighted by Crippen LogP contribution is -2.52. The number of fused-ring (bicyclic) bond motifs is 3. The fraction of sp³-hybridized carbons (Fsp3) is 0.905. The summed E-state index contributed by atoms with van der Waals surface area (Å²) < 4.78 is 0. The zero-order chi connectivity index (χ0) is 18.1. The van der Waals surface area contributed by atoms with Gasteiger partial charge in [0, 0.05) is 18.3 Å². The molecule has 5 unspecified atom stereocenters.